The van der Waals surface area contributed by atoms with Crippen LogP contribution in [0.25, 0.3) is 0 Å². The fourth-order valence-electron chi connectivity index (χ4n) is 7.65. The molecule has 2 aromatic carbocycles. The number of carbonyl (C=O) groups is 4. The molecular weight excluding hydrogens is 649 g/mol. The molecule has 1 saturated carbocycles. The smallest absolute Gasteiger partial charge is 0.410 e. The Bertz CT molecular complexity index is 1800. The highest BCUT2D eigenvalue weighted by Gasteiger charge is 2.62. The number of halogens is 1. The summed E-state index contributed by atoms with van der Waals surface area (Å²) < 4.78 is 25.6. The number of nitrogens with zero attached hydrogens (tertiary/aromatic N) is 3. The number of carbonyl (C=O) groups excluding carboxylic acids is 4. The molecule has 0 bridgehead atoms. The van der Waals surface area contributed by atoms with Crippen molar-refractivity contribution in [3.05, 3.63) is 67.7 Å². The number of nitrogens with one attached hydrogen (secondary N) is 2. The molecule has 3 fully saturated rings. The van der Waals surface area contributed by atoms with E-state index in [-0.39, 0.29) is 50.0 Å². The number of fused-ring (bicyclic) bond motifs is 3. The van der Waals surface area contributed by atoms with E-state index in [0.717, 1.165) is 25.7 Å². The summed E-state index contributed by atoms with van der Waals surface area (Å²) in [7, 11) is 0. The summed E-state index contributed by atoms with van der Waals surface area (Å²) in [5.41, 5.74) is -1.04. The molecule has 0 spiro atoms. The van der Waals surface area contributed by atoms with Gasteiger partial charge >= 0.3 is 12.1 Å². The number of hydrogen-bond donors (Lipinski definition) is 2. The first-order valence-electron chi connectivity index (χ1n) is 17.6. The average molecular weight is 692 g/mol. The lowest BCUT2D eigenvalue weighted by molar-refractivity contribution is -0.150. The molecule has 13 nitrogen and oxygen atoms in total. The zero-order valence-corrected chi connectivity index (χ0v) is 28.1. The Labute approximate surface area is 288 Å². The maximum Gasteiger partial charge on any atom is 0.410 e. The van der Waals surface area contributed by atoms with Gasteiger partial charge in [-0.25, -0.2) is 14.0 Å². The fourth-order valence-corrected chi connectivity index (χ4v) is 7.65. The monoisotopic (exact) mass is 691 g/mol. The van der Waals surface area contributed by atoms with Crippen molar-refractivity contribution in [3.63, 3.8) is 0 Å². The summed E-state index contributed by atoms with van der Waals surface area (Å²) in [6.07, 6.45) is 6.90. The summed E-state index contributed by atoms with van der Waals surface area (Å²) in [4.78, 5) is 84.9. The van der Waals surface area contributed by atoms with Crippen LogP contribution in [0.3, 0.4) is 0 Å². The average Bonchev–Trinajstić information content (AvgIpc) is 3.38. The number of amides is 3. The maximum absolute atomic E-state index is 14.5. The number of esters is 1. The van der Waals surface area contributed by atoms with Crippen LogP contribution in [0.1, 0.15) is 69.4 Å². The van der Waals surface area contributed by atoms with E-state index >= 15 is 0 Å². The number of benzene rings is 1. The highest BCUT2D eigenvalue weighted by molar-refractivity contribution is 5.97. The molecule has 4 aliphatic heterocycles. The Morgan fingerprint density at radius 3 is 2.62 bits per heavy atom. The molecule has 14 heteroatoms. The number of rotatable bonds is 6. The van der Waals surface area contributed by atoms with Gasteiger partial charge in [0.05, 0.1) is 19.7 Å². The highest BCUT2D eigenvalue weighted by atomic mass is 19.1. The molecular formula is C36H42FN5O8. The summed E-state index contributed by atoms with van der Waals surface area (Å²) in [6.45, 7) is 3.19. The normalized spacial score (nSPS) is 28.1. The van der Waals surface area contributed by atoms with Gasteiger partial charge < -0.3 is 29.9 Å². The quantitative estimate of drug-likeness (QED) is 0.262. The van der Waals surface area contributed by atoms with Crippen LogP contribution in [0.15, 0.2) is 39.9 Å². The number of hydrogen-bond acceptors (Lipinski definition) is 10. The lowest BCUT2D eigenvalue weighted by Crippen LogP contribution is -2.56. The Morgan fingerprint density at radius 1 is 1.06 bits per heavy atom. The molecule has 7 rings (SSSR count). The summed E-state index contributed by atoms with van der Waals surface area (Å²) >= 11 is 0. The minimum Gasteiger partial charge on any atom is -0.464 e. The second-order valence-electron chi connectivity index (χ2n) is 14.0. The Morgan fingerprint density at radius 2 is 1.88 bits per heavy atom. The second kappa shape index (κ2) is 13.5. The van der Waals surface area contributed by atoms with E-state index in [1.165, 1.54) is 15.9 Å². The van der Waals surface area contributed by atoms with Crippen LogP contribution < -0.4 is 26.4 Å². The predicted molar refractivity (Wildman–Crippen MR) is 179 cm³/mol. The van der Waals surface area contributed by atoms with Crippen LogP contribution in [-0.2, 0) is 36.9 Å². The van der Waals surface area contributed by atoms with E-state index in [9.17, 15) is 33.2 Å². The molecule has 50 heavy (non-hydrogen) atoms. The third kappa shape index (κ3) is 6.13. The zero-order valence-electron chi connectivity index (χ0n) is 28.1. The van der Waals surface area contributed by atoms with Crippen molar-refractivity contribution in [3.8, 4) is 0 Å². The van der Waals surface area contributed by atoms with Crippen LogP contribution in [0.2, 0.25) is 0 Å². The van der Waals surface area contributed by atoms with E-state index < -0.39 is 64.3 Å². The molecule has 2 saturated heterocycles. The van der Waals surface area contributed by atoms with Crippen LogP contribution in [0, 0.1) is 11.7 Å². The van der Waals surface area contributed by atoms with Crippen LogP contribution in [0.5, 0.6) is 0 Å². The fraction of sp³-hybridized carbons (Fsp3) is 0.556. The topological polar surface area (TPSA) is 155 Å². The maximum atomic E-state index is 14.5. The van der Waals surface area contributed by atoms with Gasteiger partial charge in [-0.1, -0.05) is 37.1 Å². The second-order valence-corrected chi connectivity index (χ2v) is 14.0. The minimum atomic E-state index is -1.27. The van der Waals surface area contributed by atoms with Gasteiger partial charge in [0.1, 0.15) is 40.9 Å². The first-order valence-corrected chi connectivity index (χ1v) is 17.6. The van der Waals surface area contributed by atoms with Gasteiger partial charge in [0.25, 0.3) is 10.9 Å². The zero-order chi connectivity index (χ0) is 35.2. The first kappa shape index (κ1) is 33.7. The van der Waals surface area contributed by atoms with E-state index in [4.69, 9.17) is 9.47 Å². The van der Waals surface area contributed by atoms with Gasteiger partial charge in [0.15, 0.2) is 0 Å². The van der Waals surface area contributed by atoms with Gasteiger partial charge in [-0.3, -0.25) is 24.1 Å². The largest absolute Gasteiger partial charge is 0.464 e. The predicted octanol–water partition coefficient (Wildman–Crippen LogP) is 2.49. The molecule has 3 amide bonds. The van der Waals surface area contributed by atoms with Crippen molar-refractivity contribution in [1.82, 2.24) is 15.1 Å². The lowest BCUT2D eigenvalue weighted by atomic mass is 10.0. The molecule has 5 atom stereocenters. The number of allylic oxidation sites excluding steroid dienone is 1. The van der Waals surface area contributed by atoms with Crippen molar-refractivity contribution >= 4 is 35.3 Å². The van der Waals surface area contributed by atoms with E-state index in [1.807, 2.05) is 17.1 Å². The van der Waals surface area contributed by atoms with Crippen molar-refractivity contribution in [2.24, 2.45) is 5.92 Å². The number of ether oxygens (including phenoxy) is 2. The van der Waals surface area contributed by atoms with Crippen molar-refractivity contribution < 1.29 is 33.0 Å². The molecule has 5 aliphatic rings. The van der Waals surface area contributed by atoms with Gasteiger partial charge in [0, 0.05) is 37.5 Å². The Balaban J connectivity index is 1.15. The molecule has 2 aromatic rings. The highest BCUT2D eigenvalue weighted by Crippen LogP contribution is 2.46. The standard InChI is InChI=1S/C36H42FN5O8/c1-2-49-34(47)36-17-22(36)11-6-4-3-5-7-13-26(38-28-29(31(44)30(28)43)40-14-9-15-40)33(46)42-19-23(16-27(42)32(45)39-36)50-35(48)41-18-21-10-8-12-25(37)24(21)20-41/h6,8,10-12,22-23,26-27,38H,2-5,7,9,13-20H2,1H3,(H,39,45)/t22-,23-,26+,27+,36-/m1/s1. The molecule has 0 unspecified atom stereocenters. The van der Waals surface area contributed by atoms with E-state index in [0.29, 0.717) is 43.5 Å². The molecule has 1 aliphatic carbocycles. The van der Waals surface area contributed by atoms with Crippen molar-refractivity contribution in [1.29, 1.82) is 0 Å². The van der Waals surface area contributed by atoms with E-state index in [1.54, 1.807) is 19.1 Å². The first-order chi connectivity index (χ1) is 24.1. The van der Waals surface area contributed by atoms with Gasteiger partial charge in [0.2, 0.25) is 11.8 Å². The molecule has 0 radical (unpaired) electrons. The van der Waals surface area contributed by atoms with Crippen LogP contribution in [-0.4, -0.2) is 83.6 Å². The Hall–Kier alpha value is -4.75. The SMILES string of the molecule is CCOC(=O)[C@@]12C[C@H]1C=CCCCCC[C@H](Nc1c(N3CCC3)c(=O)c1=O)C(=O)N1C[C@H](OC(=O)N3Cc4cccc(F)c4C3)C[C@H]1C(=O)N2. The summed E-state index contributed by atoms with van der Waals surface area (Å²) in [5.74, 6) is -2.29. The van der Waals surface area contributed by atoms with Crippen LogP contribution in [0.4, 0.5) is 20.6 Å². The van der Waals surface area contributed by atoms with Gasteiger partial charge in [-0.15, -0.1) is 0 Å². The van der Waals surface area contributed by atoms with Crippen molar-refractivity contribution in [2.75, 3.05) is 36.5 Å². The summed E-state index contributed by atoms with van der Waals surface area (Å²) in [6, 6.07) is 2.62. The van der Waals surface area contributed by atoms with Gasteiger partial charge in [-0.2, -0.15) is 0 Å². The molecule has 4 heterocycles. The number of anilines is 2. The van der Waals surface area contributed by atoms with Crippen LogP contribution >= 0.6 is 0 Å². The minimum absolute atomic E-state index is 0.0320. The third-order valence-corrected chi connectivity index (χ3v) is 10.7. The van der Waals surface area contributed by atoms with E-state index in [2.05, 4.69) is 10.6 Å². The molecule has 2 N–H and O–H groups in total. The molecule has 266 valence electrons. The molecule has 0 aromatic heterocycles. The lowest BCUT2D eigenvalue weighted by Gasteiger charge is -2.36. The third-order valence-electron chi connectivity index (χ3n) is 10.7. The Kier molecular flexibility index (Phi) is 9.12. The summed E-state index contributed by atoms with van der Waals surface area (Å²) in [5, 5.41) is 5.99. The van der Waals surface area contributed by atoms with Crippen molar-refractivity contribution in [2.45, 2.75) is 95.1 Å². The van der Waals surface area contributed by atoms with Gasteiger partial charge in [-0.05, 0) is 50.7 Å².